The molecule has 0 amide bonds. The number of piperazine rings is 1. The number of benzene rings is 1. The highest BCUT2D eigenvalue weighted by Gasteiger charge is 2.40. The van der Waals surface area contributed by atoms with E-state index in [1.807, 2.05) is 0 Å². The fraction of sp³-hybridized carbons (Fsp3) is 0.600. The van der Waals surface area contributed by atoms with Gasteiger partial charge in [0, 0.05) is 37.8 Å². The lowest BCUT2D eigenvalue weighted by molar-refractivity contribution is -0.137. The molecule has 1 aliphatic heterocycles. The molecule has 0 bridgehead atoms. The summed E-state index contributed by atoms with van der Waals surface area (Å²) in [5.74, 6) is -0.503. The quantitative estimate of drug-likeness (QED) is 0.728. The van der Waals surface area contributed by atoms with Crippen molar-refractivity contribution >= 4 is 36.4 Å². The minimum absolute atomic E-state index is 0. The minimum atomic E-state index is -4.52. The average Bonchev–Trinajstić information content (AvgIpc) is 3.28. The minimum Gasteiger partial charge on any atom is -0.314 e. The van der Waals surface area contributed by atoms with Gasteiger partial charge in [-0.25, -0.2) is 4.39 Å². The Kier molecular flexibility index (Phi) is 7.63. The number of nitrogens with zero attached hydrogens (tertiary/aromatic N) is 1. The maximum atomic E-state index is 14.4. The van der Waals surface area contributed by atoms with E-state index < -0.39 is 22.6 Å². The van der Waals surface area contributed by atoms with E-state index in [0.717, 1.165) is 32.0 Å². The highest BCUT2D eigenvalue weighted by Crippen LogP contribution is 2.47. The number of hydrogen-bond donors (Lipinski definition) is 1. The van der Waals surface area contributed by atoms with Gasteiger partial charge < -0.3 is 5.32 Å². The first-order valence-electron chi connectivity index (χ1n) is 7.39. The molecule has 0 unspecified atom stereocenters. The fourth-order valence-electron chi connectivity index (χ4n) is 3.11. The lowest BCUT2D eigenvalue weighted by Gasteiger charge is -2.36. The van der Waals surface area contributed by atoms with Crippen molar-refractivity contribution in [2.45, 2.75) is 25.1 Å². The monoisotopic (exact) mass is 408 g/mol. The number of halogens is 7. The van der Waals surface area contributed by atoms with E-state index in [4.69, 9.17) is 11.6 Å². The fourth-order valence-corrected chi connectivity index (χ4v) is 3.34. The second kappa shape index (κ2) is 8.41. The first-order chi connectivity index (χ1) is 10.4. The molecule has 1 atom stereocenters. The summed E-state index contributed by atoms with van der Waals surface area (Å²) in [5, 5.41) is 2.75. The van der Waals surface area contributed by atoms with Gasteiger partial charge in [-0.05, 0) is 30.9 Å². The molecule has 138 valence electrons. The van der Waals surface area contributed by atoms with Crippen molar-refractivity contribution in [3.8, 4) is 0 Å². The molecule has 9 heteroatoms. The van der Waals surface area contributed by atoms with Gasteiger partial charge in [0.2, 0.25) is 0 Å². The predicted octanol–water partition coefficient (Wildman–Crippen LogP) is 4.70. The normalized spacial score (nSPS) is 20.0. The third-order valence-corrected chi connectivity index (χ3v) is 4.59. The van der Waals surface area contributed by atoms with Crippen molar-refractivity contribution in [2.75, 3.05) is 26.2 Å². The van der Waals surface area contributed by atoms with Crippen LogP contribution in [-0.4, -0.2) is 31.1 Å². The van der Waals surface area contributed by atoms with E-state index in [-0.39, 0.29) is 42.3 Å². The first-order valence-corrected chi connectivity index (χ1v) is 7.76. The van der Waals surface area contributed by atoms with Crippen LogP contribution in [0, 0.1) is 11.7 Å². The van der Waals surface area contributed by atoms with Gasteiger partial charge in [-0.15, -0.1) is 24.8 Å². The molecule has 1 aromatic carbocycles. The molecular formula is C15H19Cl3F4N2. The van der Waals surface area contributed by atoms with Gasteiger partial charge in [-0.3, -0.25) is 4.90 Å². The average molecular weight is 410 g/mol. The smallest absolute Gasteiger partial charge is 0.314 e. The first kappa shape index (κ1) is 21.8. The summed E-state index contributed by atoms with van der Waals surface area (Å²) in [6, 6.07) is 1.29. The molecule has 1 saturated carbocycles. The predicted molar refractivity (Wildman–Crippen MR) is 90.8 cm³/mol. The van der Waals surface area contributed by atoms with E-state index in [2.05, 4.69) is 10.2 Å². The zero-order chi connectivity index (χ0) is 15.9. The van der Waals surface area contributed by atoms with Crippen molar-refractivity contribution in [1.82, 2.24) is 10.2 Å². The molecule has 3 rings (SSSR count). The van der Waals surface area contributed by atoms with Gasteiger partial charge in [0.25, 0.3) is 0 Å². The molecule has 2 nitrogen and oxygen atoms in total. The molecular weight excluding hydrogens is 391 g/mol. The third-order valence-electron chi connectivity index (χ3n) is 4.32. The van der Waals surface area contributed by atoms with Crippen LogP contribution in [0.15, 0.2) is 12.1 Å². The molecule has 1 aliphatic carbocycles. The maximum absolute atomic E-state index is 14.4. The molecule has 1 aromatic rings. The second-order valence-electron chi connectivity index (χ2n) is 5.93. The van der Waals surface area contributed by atoms with E-state index in [1.165, 1.54) is 0 Å². The van der Waals surface area contributed by atoms with Crippen LogP contribution in [-0.2, 0) is 6.18 Å². The summed E-state index contributed by atoms with van der Waals surface area (Å²) in [7, 11) is 0. The Morgan fingerprint density at radius 3 is 2.21 bits per heavy atom. The number of rotatable bonds is 3. The molecule has 0 radical (unpaired) electrons. The summed E-state index contributed by atoms with van der Waals surface area (Å²) in [5.41, 5.74) is -0.793. The summed E-state index contributed by atoms with van der Waals surface area (Å²) < 4.78 is 53.4. The van der Waals surface area contributed by atoms with Crippen molar-refractivity contribution in [2.24, 2.45) is 5.92 Å². The van der Waals surface area contributed by atoms with E-state index >= 15 is 0 Å². The SMILES string of the molecule is Cl.Cl.Fc1c(Cl)cc(C(F)(F)F)cc1[C@H](C1CC1)N1CCNCC1. The Balaban J connectivity index is 0.00000144. The van der Waals surface area contributed by atoms with Gasteiger partial charge in [-0.2, -0.15) is 13.2 Å². The van der Waals surface area contributed by atoms with Crippen molar-refractivity contribution < 1.29 is 17.6 Å². The summed E-state index contributed by atoms with van der Waals surface area (Å²) >= 11 is 5.73. The largest absolute Gasteiger partial charge is 0.416 e. The lowest BCUT2D eigenvalue weighted by Crippen LogP contribution is -2.46. The zero-order valence-electron chi connectivity index (χ0n) is 12.7. The van der Waals surface area contributed by atoms with Gasteiger partial charge in [-0.1, -0.05) is 11.6 Å². The Morgan fingerprint density at radius 1 is 1.12 bits per heavy atom. The maximum Gasteiger partial charge on any atom is 0.416 e. The highest BCUT2D eigenvalue weighted by atomic mass is 35.5. The zero-order valence-corrected chi connectivity index (χ0v) is 15.1. The van der Waals surface area contributed by atoms with Crippen LogP contribution in [0.2, 0.25) is 5.02 Å². The summed E-state index contributed by atoms with van der Waals surface area (Å²) in [6.07, 6.45) is -2.69. The Labute approximate surface area is 155 Å². The molecule has 0 spiro atoms. The van der Waals surface area contributed by atoms with Crippen LogP contribution in [0.3, 0.4) is 0 Å². The standard InChI is InChI=1S/C15H17ClF4N2.2ClH/c16-12-8-10(15(18,19)20)7-11(13(12)17)14(9-1-2-9)22-5-3-21-4-6-22;;/h7-9,14,21H,1-6H2;2*1H/t14-;;/m0../s1. The van der Waals surface area contributed by atoms with Gasteiger partial charge in [0.1, 0.15) is 5.82 Å². The second-order valence-corrected chi connectivity index (χ2v) is 6.33. The van der Waals surface area contributed by atoms with Gasteiger partial charge >= 0.3 is 6.18 Å². The summed E-state index contributed by atoms with van der Waals surface area (Å²) in [6.45, 7) is 2.93. The van der Waals surface area contributed by atoms with Crippen LogP contribution in [0.1, 0.15) is 30.0 Å². The van der Waals surface area contributed by atoms with E-state index in [9.17, 15) is 17.6 Å². The molecule has 2 fully saturated rings. The molecule has 1 heterocycles. The van der Waals surface area contributed by atoms with Crippen molar-refractivity contribution in [3.63, 3.8) is 0 Å². The van der Waals surface area contributed by atoms with Crippen LogP contribution in [0.4, 0.5) is 17.6 Å². The number of hydrogen-bond acceptors (Lipinski definition) is 2. The molecule has 0 aromatic heterocycles. The van der Waals surface area contributed by atoms with Gasteiger partial charge in [0.05, 0.1) is 10.6 Å². The van der Waals surface area contributed by atoms with E-state index in [0.29, 0.717) is 19.2 Å². The van der Waals surface area contributed by atoms with Crippen molar-refractivity contribution in [1.29, 1.82) is 0 Å². The molecule has 1 saturated heterocycles. The Morgan fingerprint density at radius 2 is 1.71 bits per heavy atom. The number of nitrogens with one attached hydrogen (secondary N) is 1. The van der Waals surface area contributed by atoms with Crippen molar-refractivity contribution in [3.05, 3.63) is 34.1 Å². The Bertz CT molecular complexity index is 558. The topological polar surface area (TPSA) is 15.3 Å². The van der Waals surface area contributed by atoms with Gasteiger partial charge in [0.15, 0.2) is 0 Å². The van der Waals surface area contributed by atoms with E-state index in [1.54, 1.807) is 0 Å². The van der Waals surface area contributed by atoms with Crippen LogP contribution in [0.5, 0.6) is 0 Å². The third kappa shape index (κ3) is 4.67. The van der Waals surface area contributed by atoms with Crippen LogP contribution < -0.4 is 5.32 Å². The highest BCUT2D eigenvalue weighted by molar-refractivity contribution is 6.30. The van der Waals surface area contributed by atoms with Crippen LogP contribution in [0.25, 0.3) is 0 Å². The Hall–Kier alpha value is -0.270. The van der Waals surface area contributed by atoms with Crippen LogP contribution >= 0.6 is 36.4 Å². The molecule has 1 N–H and O–H groups in total. The molecule has 24 heavy (non-hydrogen) atoms. The molecule has 2 aliphatic rings. The summed E-state index contributed by atoms with van der Waals surface area (Å²) in [4.78, 5) is 2.07. The number of alkyl halides is 3. The lowest BCUT2D eigenvalue weighted by atomic mass is 9.97.